The number of esters is 2. The Hall–Kier alpha value is -1.58. The van der Waals surface area contributed by atoms with Crippen LogP contribution in [0.2, 0.25) is 0 Å². The molecule has 0 aromatic carbocycles. The van der Waals surface area contributed by atoms with Crippen molar-refractivity contribution in [2.24, 2.45) is 0 Å². The molecule has 0 saturated heterocycles. The van der Waals surface area contributed by atoms with E-state index in [1.165, 1.54) is 6.08 Å². The monoisotopic (exact) mass is 242 g/mol. The van der Waals surface area contributed by atoms with E-state index in [0.29, 0.717) is 13.2 Å². The molecule has 0 rings (SSSR count). The first-order chi connectivity index (χ1) is 8.12. The number of carbonyl (C=O) groups excluding carboxylic acids is 2. The van der Waals surface area contributed by atoms with Crippen LogP contribution in [-0.2, 0) is 19.1 Å². The van der Waals surface area contributed by atoms with Crippen LogP contribution in [0, 0.1) is 0 Å². The summed E-state index contributed by atoms with van der Waals surface area (Å²) in [5.41, 5.74) is 0. The smallest absolute Gasteiger partial charge is 0.330 e. The van der Waals surface area contributed by atoms with Crippen molar-refractivity contribution in [3.63, 3.8) is 0 Å². The van der Waals surface area contributed by atoms with E-state index in [1.807, 2.05) is 0 Å². The minimum atomic E-state index is -0.359. The van der Waals surface area contributed by atoms with Gasteiger partial charge in [0.05, 0.1) is 13.2 Å². The maximum atomic E-state index is 10.4. The second-order valence-corrected chi connectivity index (χ2v) is 3.03. The summed E-state index contributed by atoms with van der Waals surface area (Å²) in [4.78, 5) is 20.5. The molecule has 0 aromatic heterocycles. The summed E-state index contributed by atoms with van der Waals surface area (Å²) in [6, 6.07) is 0. The lowest BCUT2D eigenvalue weighted by atomic mass is 10.3. The zero-order chi connectivity index (χ0) is 13.5. The third-order valence-electron chi connectivity index (χ3n) is 1.61. The SMILES string of the molecule is C=CC(=O)OCC.C=CC(=O)OCCCCC. The second kappa shape index (κ2) is 14.4. The van der Waals surface area contributed by atoms with Gasteiger partial charge >= 0.3 is 11.9 Å². The van der Waals surface area contributed by atoms with Crippen LogP contribution in [-0.4, -0.2) is 25.2 Å². The molecule has 0 N–H and O–H groups in total. The predicted octanol–water partition coefficient (Wildman–Crippen LogP) is 2.64. The normalized spacial score (nSPS) is 8.35. The fourth-order valence-corrected chi connectivity index (χ4v) is 0.785. The highest BCUT2D eigenvalue weighted by atomic mass is 16.5. The summed E-state index contributed by atoms with van der Waals surface area (Å²) < 4.78 is 9.17. The van der Waals surface area contributed by atoms with Crippen LogP contribution in [0.15, 0.2) is 25.3 Å². The van der Waals surface area contributed by atoms with Gasteiger partial charge in [-0.3, -0.25) is 0 Å². The topological polar surface area (TPSA) is 52.6 Å². The molecule has 0 atom stereocenters. The summed E-state index contributed by atoms with van der Waals surface area (Å²) in [6.45, 7) is 11.3. The van der Waals surface area contributed by atoms with Crippen molar-refractivity contribution in [1.82, 2.24) is 0 Å². The van der Waals surface area contributed by atoms with Crippen molar-refractivity contribution in [1.29, 1.82) is 0 Å². The van der Waals surface area contributed by atoms with E-state index in [1.54, 1.807) is 6.92 Å². The molecule has 4 heteroatoms. The lowest BCUT2D eigenvalue weighted by Gasteiger charge is -1.98. The number of carbonyl (C=O) groups is 2. The Balaban J connectivity index is 0. The number of unbranched alkanes of at least 4 members (excludes halogenated alkanes) is 2. The van der Waals surface area contributed by atoms with E-state index in [0.717, 1.165) is 25.3 Å². The van der Waals surface area contributed by atoms with Crippen LogP contribution in [0.1, 0.15) is 33.1 Å². The molecule has 0 amide bonds. The highest BCUT2D eigenvalue weighted by molar-refractivity contribution is 5.81. The van der Waals surface area contributed by atoms with Crippen molar-refractivity contribution >= 4 is 11.9 Å². The first-order valence-electron chi connectivity index (χ1n) is 5.70. The van der Waals surface area contributed by atoms with Gasteiger partial charge in [0.25, 0.3) is 0 Å². The first kappa shape index (κ1) is 17.8. The molecular formula is C13H22O4. The zero-order valence-electron chi connectivity index (χ0n) is 10.7. The number of hydrogen-bond acceptors (Lipinski definition) is 4. The molecule has 0 aliphatic rings. The maximum Gasteiger partial charge on any atom is 0.330 e. The molecule has 0 aliphatic heterocycles. The number of rotatable bonds is 7. The quantitative estimate of drug-likeness (QED) is 0.391. The molecule has 0 saturated carbocycles. The maximum absolute atomic E-state index is 10.4. The summed E-state index contributed by atoms with van der Waals surface area (Å²) in [5, 5.41) is 0. The molecule has 0 radical (unpaired) electrons. The van der Waals surface area contributed by atoms with Crippen LogP contribution in [0.25, 0.3) is 0 Å². The fourth-order valence-electron chi connectivity index (χ4n) is 0.785. The largest absolute Gasteiger partial charge is 0.463 e. The molecule has 0 spiro atoms. The van der Waals surface area contributed by atoms with Crippen molar-refractivity contribution in [3.05, 3.63) is 25.3 Å². The Kier molecular flexibility index (Phi) is 15.1. The minimum Gasteiger partial charge on any atom is -0.463 e. The fraction of sp³-hybridized carbons (Fsp3) is 0.538. The van der Waals surface area contributed by atoms with Gasteiger partial charge in [-0.2, -0.15) is 0 Å². The van der Waals surface area contributed by atoms with E-state index >= 15 is 0 Å². The van der Waals surface area contributed by atoms with Crippen molar-refractivity contribution in [2.45, 2.75) is 33.1 Å². The Morgan fingerprint density at radius 1 is 1.00 bits per heavy atom. The molecule has 17 heavy (non-hydrogen) atoms. The highest BCUT2D eigenvalue weighted by Crippen LogP contribution is 1.94. The Morgan fingerprint density at radius 3 is 1.88 bits per heavy atom. The zero-order valence-corrected chi connectivity index (χ0v) is 10.7. The molecule has 0 aromatic rings. The van der Waals surface area contributed by atoms with Crippen LogP contribution < -0.4 is 0 Å². The van der Waals surface area contributed by atoms with Crippen LogP contribution >= 0.6 is 0 Å². The molecule has 4 nitrogen and oxygen atoms in total. The highest BCUT2D eigenvalue weighted by Gasteiger charge is 1.92. The summed E-state index contributed by atoms with van der Waals surface area (Å²) in [6.07, 6.45) is 5.54. The summed E-state index contributed by atoms with van der Waals surface area (Å²) in [7, 11) is 0. The lowest BCUT2D eigenvalue weighted by molar-refractivity contribution is -0.138. The second-order valence-electron chi connectivity index (χ2n) is 3.03. The van der Waals surface area contributed by atoms with Gasteiger partial charge in [-0.05, 0) is 13.3 Å². The van der Waals surface area contributed by atoms with Gasteiger partial charge < -0.3 is 9.47 Å². The van der Waals surface area contributed by atoms with E-state index < -0.39 is 0 Å². The molecule has 0 aliphatic carbocycles. The third kappa shape index (κ3) is 17.1. The van der Waals surface area contributed by atoms with Gasteiger partial charge in [0.1, 0.15) is 0 Å². The van der Waals surface area contributed by atoms with Gasteiger partial charge in [-0.25, -0.2) is 9.59 Å². The summed E-state index contributed by atoms with van der Waals surface area (Å²) in [5.74, 6) is -0.682. The van der Waals surface area contributed by atoms with Gasteiger partial charge in [0.2, 0.25) is 0 Å². The Bertz CT molecular complexity index is 234. The number of hydrogen-bond donors (Lipinski definition) is 0. The molecular weight excluding hydrogens is 220 g/mol. The lowest BCUT2D eigenvalue weighted by Crippen LogP contribution is -2.01. The van der Waals surface area contributed by atoms with Gasteiger partial charge in [0, 0.05) is 12.2 Å². The van der Waals surface area contributed by atoms with Crippen LogP contribution in [0.3, 0.4) is 0 Å². The third-order valence-corrected chi connectivity index (χ3v) is 1.61. The molecule has 98 valence electrons. The molecule has 0 fully saturated rings. The molecule has 0 heterocycles. The predicted molar refractivity (Wildman–Crippen MR) is 67.5 cm³/mol. The Labute approximate surface area is 103 Å². The standard InChI is InChI=1S/C8H14O2.C5H8O2/c1-3-5-6-7-10-8(9)4-2;1-3-5(6)7-4-2/h4H,2-3,5-7H2,1H3;3H,1,4H2,2H3. The first-order valence-corrected chi connectivity index (χ1v) is 5.70. The number of ether oxygens (including phenoxy) is 2. The van der Waals surface area contributed by atoms with Gasteiger partial charge in [-0.1, -0.05) is 32.9 Å². The van der Waals surface area contributed by atoms with E-state index in [9.17, 15) is 9.59 Å². The van der Waals surface area contributed by atoms with Crippen LogP contribution in [0.4, 0.5) is 0 Å². The van der Waals surface area contributed by atoms with Gasteiger partial charge in [0.15, 0.2) is 0 Å². The Morgan fingerprint density at radius 2 is 1.53 bits per heavy atom. The summed E-state index contributed by atoms with van der Waals surface area (Å²) >= 11 is 0. The van der Waals surface area contributed by atoms with Crippen LogP contribution in [0.5, 0.6) is 0 Å². The van der Waals surface area contributed by atoms with Crippen molar-refractivity contribution in [2.75, 3.05) is 13.2 Å². The van der Waals surface area contributed by atoms with Gasteiger partial charge in [-0.15, -0.1) is 0 Å². The van der Waals surface area contributed by atoms with E-state index in [2.05, 4.69) is 24.8 Å². The van der Waals surface area contributed by atoms with Crippen molar-refractivity contribution in [3.8, 4) is 0 Å². The minimum absolute atomic E-state index is 0.323. The average molecular weight is 242 g/mol. The average Bonchev–Trinajstić information content (AvgIpc) is 2.35. The van der Waals surface area contributed by atoms with E-state index in [-0.39, 0.29) is 11.9 Å². The van der Waals surface area contributed by atoms with E-state index in [4.69, 9.17) is 4.74 Å². The van der Waals surface area contributed by atoms with Crippen molar-refractivity contribution < 1.29 is 19.1 Å². The molecule has 0 bridgehead atoms. The molecule has 0 unspecified atom stereocenters.